The number of thioether (sulfide) groups is 1. The van der Waals surface area contributed by atoms with Gasteiger partial charge in [-0.2, -0.15) is 0 Å². The fraction of sp³-hybridized carbons (Fsp3) is 0.167. The number of anilines is 1. The van der Waals surface area contributed by atoms with Crippen molar-refractivity contribution in [3.8, 4) is 0 Å². The van der Waals surface area contributed by atoms with Crippen LogP contribution in [-0.2, 0) is 9.59 Å². The van der Waals surface area contributed by atoms with Crippen LogP contribution in [0.25, 0.3) is 0 Å². The Hall–Kier alpha value is -1.87. The molecule has 128 valence electrons. The average molecular weight is 465 g/mol. The second kappa shape index (κ2) is 8.01. The number of aryl methyl sites for hydroxylation is 1. The van der Waals surface area contributed by atoms with Crippen molar-refractivity contribution >= 4 is 62.7 Å². The summed E-state index contributed by atoms with van der Waals surface area (Å²) in [6.07, 6.45) is 0.107. The van der Waals surface area contributed by atoms with Gasteiger partial charge in [0, 0.05) is 15.7 Å². The second-order valence-electron chi connectivity index (χ2n) is 5.56. The van der Waals surface area contributed by atoms with E-state index in [0.717, 1.165) is 20.5 Å². The van der Waals surface area contributed by atoms with E-state index in [0.29, 0.717) is 5.17 Å². The molecule has 1 heterocycles. The highest BCUT2D eigenvalue weighted by Gasteiger charge is 2.32. The third kappa shape index (κ3) is 4.82. The number of para-hydroxylation sites is 1. The van der Waals surface area contributed by atoms with Crippen LogP contribution in [0.5, 0.6) is 0 Å². The van der Waals surface area contributed by atoms with Gasteiger partial charge in [0.25, 0.3) is 0 Å². The maximum absolute atomic E-state index is 12.3. The first-order valence-corrected chi connectivity index (χ1v) is 9.64. The molecule has 25 heavy (non-hydrogen) atoms. The summed E-state index contributed by atoms with van der Waals surface area (Å²) in [4.78, 5) is 28.7. The van der Waals surface area contributed by atoms with Gasteiger partial charge in [0.15, 0.2) is 5.17 Å². The largest absolute Gasteiger partial charge is 0.326 e. The van der Waals surface area contributed by atoms with Crippen molar-refractivity contribution in [1.82, 2.24) is 5.32 Å². The quantitative estimate of drug-likeness (QED) is 0.675. The smallest absolute Gasteiger partial charge is 0.240 e. The average Bonchev–Trinajstić information content (AvgIpc) is 2.90. The van der Waals surface area contributed by atoms with Gasteiger partial charge in [-0.25, -0.2) is 4.99 Å². The summed E-state index contributed by atoms with van der Waals surface area (Å²) in [5.74, 6) is -0.368. The third-order valence-electron chi connectivity index (χ3n) is 3.60. The van der Waals surface area contributed by atoms with Crippen LogP contribution in [0, 0.1) is 10.5 Å². The van der Waals surface area contributed by atoms with Crippen molar-refractivity contribution in [2.75, 3.05) is 5.32 Å². The molecule has 2 aromatic carbocycles. The highest BCUT2D eigenvalue weighted by molar-refractivity contribution is 14.1. The highest BCUT2D eigenvalue weighted by Crippen LogP contribution is 2.26. The molecule has 2 N–H and O–H groups in total. The van der Waals surface area contributed by atoms with E-state index in [1.807, 2.05) is 55.5 Å². The minimum atomic E-state index is -0.466. The molecule has 1 fully saturated rings. The van der Waals surface area contributed by atoms with Crippen LogP contribution >= 0.6 is 34.4 Å². The molecule has 1 atom stereocenters. The van der Waals surface area contributed by atoms with Crippen LogP contribution in [0.15, 0.2) is 53.5 Å². The number of rotatable bonds is 4. The van der Waals surface area contributed by atoms with Crippen molar-refractivity contribution in [1.29, 1.82) is 0 Å². The molecule has 7 heteroatoms. The molecule has 0 saturated carbocycles. The van der Waals surface area contributed by atoms with E-state index < -0.39 is 5.25 Å². The van der Waals surface area contributed by atoms with Crippen LogP contribution in [0.3, 0.4) is 0 Å². The van der Waals surface area contributed by atoms with Gasteiger partial charge in [-0.05, 0) is 65.4 Å². The zero-order valence-corrected chi connectivity index (χ0v) is 16.4. The van der Waals surface area contributed by atoms with Crippen LogP contribution in [-0.4, -0.2) is 22.2 Å². The van der Waals surface area contributed by atoms with Gasteiger partial charge in [-0.3, -0.25) is 9.59 Å². The molecule has 0 bridgehead atoms. The number of halogens is 1. The molecule has 0 unspecified atom stereocenters. The van der Waals surface area contributed by atoms with E-state index >= 15 is 0 Å². The number of hydrogen-bond acceptors (Lipinski definition) is 4. The van der Waals surface area contributed by atoms with Gasteiger partial charge < -0.3 is 10.6 Å². The summed E-state index contributed by atoms with van der Waals surface area (Å²) in [5, 5.41) is 5.67. The van der Waals surface area contributed by atoms with E-state index in [1.54, 1.807) is 0 Å². The highest BCUT2D eigenvalue weighted by atomic mass is 127. The standard InChI is InChI=1S/C18H16IN3O2S/c1-11-9-12(19)7-8-14(11)21-16(23)10-15-17(24)22-18(25-15)20-13-5-3-2-4-6-13/h2-9,15H,10H2,1H3,(H,21,23)(H,20,22,24)/t15-/m0/s1. The lowest BCUT2D eigenvalue weighted by Gasteiger charge is -2.10. The van der Waals surface area contributed by atoms with E-state index in [1.165, 1.54) is 11.8 Å². The zero-order chi connectivity index (χ0) is 17.8. The van der Waals surface area contributed by atoms with Gasteiger partial charge in [0.2, 0.25) is 11.8 Å². The maximum Gasteiger partial charge on any atom is 0.240 e. The number of nitrogens with zero attached hydrogens (tertiary/aromatic N) is 1. The minimum Gasteiger partial charge on any atom is -0.326 e. The Balaban J connectivity index is 1.62. The van der Waals surface area contributed by atoms with Crippen LogP contribution in [0.4, 0.5) is 11.4 Å². The Morgan fingerprint density at radius 1 is 1.28 bits per heavy atom. The lowest BCUT2D eigenvalue weighted by molar-refractivity contribution is -0.122. The lowest BCUT2D eigenvalue weighted by atomic mass is 10.2. The molecule has 5 nitrogen and oxygen atoms in total. The summed E-state index contributed by atoms with van der Waals surface area (Å²) in [5.41, 5.74) is 2.53. The van der Waals surface area contributed by atoms with E-state index in [4.69, 9.17) is 0 Å². The number of benzene rings is 2. The zero-order valence-electron chi connectivity index (χ0n) is 13.5. The molecule has 0 aliphatic carbocycles. The lowest BCUT2D eigenvalue weighted by Crippen LogP contribution is -2.28. The summed E-state index contributed by atoms with van der Waals surface area (Å²) >= 11 is 3.51. The van der Waals surface area contributed by atoms with Gasteiger partial charge >= 0.3 is 0 Å². The first-order valence-electron chi connectivity index (χ1n) is 7.68. The molecule has 0 spiro atoms. The first-order chi connectivity index (χ1) is 12.0. The number of amides is 2. The van der Waals surface area contributed by atoms with Crippen LogP contribution in [0.1, 0.15) is 12.0 Å². The summed E-state index contributed by atoms with van der Waals surface area (Å²) in [6.45, 7) is 1.94. The molecule has 1 aliphatic heterocycles. The fourth-order valence-electron chi connectivity index (χ4n) is 2.35. The predicted molar refractivity (Wildman–Crippen MR) is 110 cm³/mol. The van der Waals surface area contributed by atoms with Crippen LogP contribution in [0.2, 0.25) is 0 Å². The number of amidine groups is 1. The predicted octanol–water partition coefficient (Wildman–Crippen LogP) is 3.85. The minimum absolute atomic E-state index is 0.107. The van der Waals surface area contributed by atoms with Crippen molar-refractivity contribution in [3.05, 3.63) is 57.7 Å². The molecule has 2 aromatic rings. The van der Waals surface area contributed by atoms with Gasteiger partial charge in [0.1, 0.15) is 5.25 Å². The molecule has 1 saturated heterocycles. The van der Waals surface area contributed by atoms with Crippen molar-refractivity contribution in [2.45, 2.75) is 18.6 Å². The van der Waals surface area contributed by atoms with Gasteiger partial charge in [-0.15, -0.1) is 0 Å². The molecule has 3 rings (SSSR count). The number of aliphatic imine (C=N–C) groups is 1. The number of carbonyl (C=O) groups is 2. The van der Waals surface area contributed by atoms with E-state index in [9.17, 15) is 9.59 Å². The van der Waals surface area contributed by atoms with Gasteiger partial charge in [-0.1, -0.05) is 30.0 Å². The van der Waals surface area contributed by atoms with Crippen LogP contribution < -0.4 is 10.6 Å². The Labute approximate surface area is 163 Å². The summed E-state index contributed by atoms with van der Waals surface area (Å²) in [6, 6.07) is 15.2. The first kappa shape index (κ1) is 17.9. The summed E-state index contributed by atoms with van der Waals surface area (Å²) < 4.78 is 1.11. The molecular weight excluding hydrogens is 449 g/mol. The number of nitrogens with one attached hydrogen (secondary N) is 2. The SMILES string of the molecule is Cc1cc(I)ccc1NC(=O)C[C@@H]1SC(=Nc2ccccc2)NC1=O. The fourth-order valence-corrected chi connectivity index (χ4v) is 3.98. The Morgan fingerprint density at radius 2 is 2.04 bits per heavy atom. The van der Waals surface area contributed by atoms with E-state index in [-0.39, 0.29) is 18.2 Å². The Kier molecular flexibility index (Phi) is 5.74. The topological polar surface area (TPSA) is 70.6 Å². The maximum atomic E-state index is 12.3. The molecule has 0 radical (unpaired) electrons. The van der Waals surface area contributed by atoms with Gasteiger partial charge in [0.05, 0.1) is 5.69 Å². The van der Waals surface area contributed by atoms with E-state index in [2.05, 4.69) is 38.2 Å². The number of carbonyl (C=O) groups excluding carboxylic acids is 2. The molecule has 1 aliphatic rings. The normalized spacial score (nSPS) is 18.2. The molecule has 0 aromatic heterocycles. The van der Waals surface area contributed by atoms with Crippen molar-refractivity contribution in [2.24, 2.45) is 4.99 Å². The summed E-state index contributed by atoms with van der Waals surface area (Å²) in [7, 11) is 0. The molecule has 2 amide bonds. The monoisotopic (exact) mass is 465 g/mol. The van der Waals surface area contributed by atoms with Crippen molar-refractivity contribution in [3.63, 3.8) is 0 Å². The second-order valence-corrected chi connectivity index (χ2v) is 8.00. The van der Waals surface area contributed by atoms with Crippen molar-refractivity contribution < 1.29 is 9.59 Å². The third-order valence-corrected chi connectivity index (χ3v) is 5.35. The Morgan fingerprint density at radius 3 is 2.76 bits per heavy atom. The molecular formula is C18H16IN3O2S. The number of hydrogen-bond donors (Lipinski definition) is 2. The Bertz CT molecular complexity index is 839.